The monoisotopic (exact) mass is 424 g/mol. The number of nitrogens with one attached hydrogen (secondary N) is 3. The van der Waals surface area contributed by atoms with Crippen molar-refractivity contribution < 1.29 is 4.79 Å². The van der Waals surface area contributed by atoms with Crippen molar-refractivity contribution in [3.63, 3.8) is 0 Å². The van der Waals surface area contributed by atoms with Gasteiger partial charge in [-0.05, 0) is 25.1 Å². The lowest BCUT2D eigenvalue weighted by molar-refractivity contribution is 0.246. The molecule has 0 saturated heterocycles. The van der Waals surface area contributed by atoms with Gasteiger partial charge in [-0.15, -0.1) is 0 Å². The minimum absolute atomic E-state index is 0.244. The minimum atomic E-state index is -0.420. The van der Waals surface area contributed by atoms with Crippen molar-refractivity contribution in [3.05, 3.63) is 63.6 Å². The van der Waals surface area contributed by atoms with Gasteiger partial charge >= 0.3 is 11.7 Å². The van der Waals surface area contributed by atoms with Crippen molar-refractivity contribution >= 4 is 17.7 Å². The maximum absolute atomic E-state index is 12.3. The molecule has 0 saturated carbocycles. The molecule has 0 unspecified atom stereocenters. The number of hydrogen-bond acceptors (Lipinski definition) is 5. The summed E-state index contributed by atoms with van der Waals surface area (Å²) in [6.45, 7) is 2.29. The zero-order chi connectivity index (χ0) is 22.5. The van der Waals surface area contributed by atoms with Crippen LogP contribution in [0.25, 0.3) is 16.9 Å². The van der Waals surface area contributed by atoms with Crippen molar-refractivity contribution in [2.75, 3.05) is 18.9 Å². The predicted octanol–water partition coefficient (Wildman–Crippen LogP) is 0.654. The van der Waals surface area contributed by atoms with E-state index in [2.05, 4.69) is 26.0 Å². The Morgan fingerprint density at radius 2 is 1.94 bits per heavy atom. The maximum Gasteiger partial charge on any atom is 0.330 e. The summed E-state index contributed by atoms with van der Waals surface area (Å²) in [5.74, 6) is 0.244. The van der Waals surface area contributed by atoms with Gasteiger partial charge in [0.05, 0.1) is 17.1 Å². The van der Waals surface area contributed by atoms with Crippen molar-refractivity contribution in [1.82, 2.24) is 29.5 Å². The van der Waals surface area contributed by atoms with Gasteiger partial charge in [-0.1, -0.05) is 6.07 Å². The second kappa shape index (κ2) is 9.11. The van der Waals surface area contributed by atoms with Gasteiger partial charge in [0.2, 0.25) is 5.96 Å². The Kier molecular flexibility index (Phi) is 6.34. The Balaban J connectivity index is 2.07. The van der Waals surface area contributed by atoms with E-state index in [1.165, 1.54) is 17.7 Å². The predicted molar refractivity (Wildman–Crippen MR) is 119 cm³/mol. The highest BCUT2D eigenvalue weighted by atomic mass is 16.2. The fraction of sp³-hybridized carbons (Fsp3) is 0.250. The number of amides is 2. The van der Waals surface area contributed by atoms with Crippen molar-refractivity contribution in [1.29, 1.82) is 0 Å². The Morgan fingerprint density at radius 3 is 2.58 bits per heavy atom. The first kappa shape index (κ1) is 21.6. The third-order valence-corrected chi connectivity index (χ3v) is 4.62. The number of guanidine groups is 1. The van der Waals surface area contributed by atoms with Crippen LogP contribution in [0.2, 0.25) is 0 Å². The zero-order valence-corrected chi connectivity index (χ0v) is 17.7. The van der Waals surface area contributed by atoms with E-state index in [4.69, 9.17) is 0 Å². The number of benzene rings is 1. The maximum atomic E-state index is 12.3. The van der Waals surface area contributed by atoms with Crippen molar-refractivity contribution in [2.45, 2.75) is 6.92 Å². The number of aromatic nitrogens is 4. The van der Waals surface area contributed by atoms with E-state index >= 15 is 0 Å². The Labute approximate surface area is 178 Å². The number of rotatable bonds is 4. The fourth-order valence-electron chi connectivity index (χ4n) is 2.99. The highest BCUT2D eigenvalue weighted by Crippen LogP contribution is 2.26. The molecule has 31 heavy (non-hydrogen) atoms. The van der Waals surface area contributed by atoms with Crippen LogP contribution in [-0.4, -0.2) is 44.5 Å². The molecule has 3 aromatic rings. The van der Waals surface area contributed by atoms with Crippen molar-refractivity contribution in [2.24, 2.45) is 19.1 Å². The summed E-state index contributed by atoms with van der Waals surface area (Å²) in [4.78, 5) is 40.4. The summed E-state index contributed by atoms with van der Waals surface area (Å²) in [7, 11) is 4.59. The molecule has 0 spiro atoms. The number of carbonyl (C=O) groups excluding carboxylic acids is 1. The molecule has 3 N–H and O–H groups in total. The second-order valence-corrected chi connectivity index (χ2v) is 6.63. The van der Waals surface area contributed by atoms with Gasteiger partial charge in [-0.2, -0.15) is 5.10 Å². The molecular weight excluding hydrogens is 400 g/mol. The Morgan fingerprint density at radius 1 is 1.16 bits per heavy atom. The number of urea groups is 1. The van der Waals surface area contributed by atoms with Gasteiger partial charge in [-0.3, -0.25) is 24.2 Å². The lowest BCUT2D eigenvalue weighted by atomic mass is 10.1. The highest BCUT2D eigenvalue weighted by molar-refractivity contribution is 6.04. The summed E-state index contributed by atoms with van der Waals surface area (Å²) in [5, 5.41) is 12.6. The molecule has 2 heterocycles. The number of hydrogen-bond donors (Lipinski definition) is 3. The Hall–Kier alpha value is -4.15. The number of aliphatic imine (C=N–C) groups is 1. The number of nitrogens with zero attached hydrogens (tertiary/aromatic N) is 5. The topological polar surface area (TPSA) is 127 Å². The molecule has 0 fully saturated rings. The third-order valence-electron chi connectivity index (χ3n) is 4.62. The summed E-state index contributed by atoms with van der Waals surface area (Å²) in [6.07, 6.45) is 3.39. The molecule has 11 heteroatoms. The van der Waals surface area contributed by atoms with Crippen LogP contribution in [0, 0.1) is 0 Å². The van der Waals surface area contributed by atoms with Crippen LogP contribution in [0.4, 0.5) is 10.5 Å². The fourth-order valence-corrected chi connectivity index (χ4v) is 2.99. The molecule has 0 aliphatic carbocycles. The van der Waals surface area contributed by atoms with Gasteiger partial charge < -0.3 is 10.6 Å². The van der Waals surface area contributed by atoms with Crippen LogP contribution in [0.15, 0.2) is 57.3 Å². The number of anilines is 1. The molecule has 162 valence electrons. The lowest BCUT2D eigenvalue weighted by Crippen LogP contribution is -2.42. The van der Waals surface area contributed by atoms with Crippen LogP contribution in [0.1, 0.15) is 6.92 Å². The van der Waals surface area contributed by atoms with Gasteiger partial charge in [-0.25, -0.2) is 14.3 Å². The first-order valence-electron chi connectivity index (χ1n) is 9.55. The van der Waals surface area contributed by atoms with Crippen LogP contribution in [0.3, 0.4) is 0 Å². The van der Waals surface area contributed by atoms with Crippen LogP contribution in [-0.2, 0) is 14.1 Å². The van der Waals surface area contributed by atoms with Gasteiger partial charge in [0, 0.05) is 51.7 Å². The molecule has 0 aliphatic rings. The average molecular weight is 424 g/mol. The quantitative estimate of drug-likeness (QED) is 0.419. The number of carbonyl (C=O) groups is 1. The molecule has 0 atom stereocenters. The standard InChI is InChI=1S/C20H24N8O3/c1-5-22-19(30)25-18(21-2)24-14-8-7-13(11-16(14)28-10-6-9-23-28)15-12-17(29)27(4)20(31)26(15)3/h6-12H,5H2,1-4H3,(H3,21,22,24,25,30). The molecule has 2 aromatic heterocycles. The first-order chi connectivity index (χ1) is 14.8. The highest BCUT2D eigenvalue weighted by Gasteiger charge is 2.14. The molecule has 0 bridgehead atoms. The van der Waals surface area contributed by atoms with E-state index < -0.39 is 11.2 Å². The zero-order valence-electron chi connectivity index (χ0n) is 17.7. The lowest BCUT2D eigenvalue weighted by Gasteiger charge is -2.17. The van der Waals surface area contributed by atoms with Crippen LogP contribution >= 0.6 is 0 Å². The van der Waals surface area contributed by atoms with E-state index in [0.717, 1.165) is 4.57 Å². The molecule has 3 rings (SSSR count). The normalized spacial score (nSPS) is 11.3. The summed E-state index contributed by atoms with van der Waals surface area (Å²) < 4.78 is 4.08. The molecular formula is C20H24N8O3. The van der Waals surface area contributed by atoms with E-state index in [0.29, 0.717) is 29.2 Å². The van der Waals surface area contributed by atoms with E-state index in [9.17, 15) is 14.4 Å². The minimum Gasteiger partial charge on any atom is -0.338 e. The molecule has 2 amide bonds. The smallest absolute Gasteiger partial charge is 0.330 e. The molecule has 1 aromatic carbocycles. The van der Waals surface area contributed by atoms with Gasteiger partial charge in [0.15, 0.2) is 0 Å². The average Bonchev–Trinajstić information content (AvgIpc) is 3.29. The second-order valence-electron chi connectivity index (χ2n) is 6.63. The van der Waals surface area contributed by atoms with Crippen LogP contribution < -0.4 is 27.2 Å². The van der Waals surface area contributed by atoms with Gasteiger partial charge in [0.1, 0.15) is 0 Å². The summed E-state index contributed by atoms with van der Waals surface area (Å²) in [5.41, 5.74) is 1.55. The van der Waals surface area contributed by atoms with E-state index in [1.807, 2.05) is 6.92 Å². The summed E-state index contributed by atoms with van der Waals surface area (Å²) >= 11 is 0. The molecule has 0 aliphatic heterocycles. The van der Waals surface area contributed by atoms with E-state index in [-0.39, 0.29) is 12.0 Å². The first-order valence-corrected chi connectivity index (χ1v) is 9.55. The van der Waals surface area contributed by atoms with E-state index in [1.54, 1.807) is 55.4 Å². The third kappa shape index (κ3) is 4.55. The van der Waals surface area contributed by atoms with Crippen LogP contribution in [0.5, 0.6) is 0 Å². The summed E-state index contributed by atoms with van der Waals surface area (Å²) in [6, 6.07) is 8.12. The largest absolute Gasteiger partial charge is 0.338 e. The van der Waals surface area contributed by atoms with Crippen molar-refractivity contribution in [3.8, 4) is 16.9 Å². The Bertz CT molecular complexity index is 1240. The SMILES string of the molecule is CCNC(=O)NC(=NC)Nc1ccc(-c2cc(=O)n(C)c(=O)n2C)cc1-n1cccn1. The van der Waals surface area contributed by atoms with Gasteiger partial charge in [0.25, 0.3) is 5.56 Å². The molecule has 0 radical (unpaired) electrons. The molecule has 11 nitrogen and oxygen atoms in total.